The van der Waals surface area contributed by atoms with Gasteiger partial charge >= 0.3 is 6.18 Å². The first-order chi connectivity index (χ1) is 41.2. The summed E-state index contributed by atoms with van der Waals surface area (Å²) < 4.78 is 337. The molecule has 0 atom stereocenters. The van der Waals surface area contributed by atoms with Gasteiger partial charge in [0.2, 0.25) is 7.49 Å². The average molecular weight is 1280 g/mol. The number of rotatable bonds is 26. The fraction of sp³-hybridized carbons (Fsp3) is 0.311. The van der Waals surface area contributed by atoms with E-state index in [4.69, 9.17) is 4.52 Å². The van der Waals surface area contributed by atoms with Crippen LogP contribution in [0.2, 0.25) is 0 Å². The lowest BCUT2D eigenvalue weighted by molar-refractivity contribution is -0.135. The number of alkyl halides is 3. The summed E-state index contributed by atoms with van der Waals surface area (Å²) in [6, 6.07) is 32.3. The lowest BCUT2D eigenvalue weighted by atomic mass is 9.12. The van der Waals surface area contributed by atoms with E-state index in [0.29, 0.717) is 6.42 Å². The van der Waals surface area contributed by atoms with Crippen molar-refractivity contribution in [3.05, 3.63) is 207 Å². The molecule has 26 heteroatoms. The van der Waals surface area contributed by atoms with Gasteiger partial charge in [-0.05, 0) is 49.2 Å². The van der Waals surface area contributed by atoms with Crippen molar-refractivity contribution in [1.82, 2.24) is 0 Å². The first kappa shape index (κ1) is 69.5. The highest BCUT2D eigenvalue weighted by molar-refractivity contribution is 7.91. The normalized spacial score (nSPS) is 12.0. The Kier molecular flexibility index (Phi) is 24.4. The minimum absolute atomic E-state index is 0.288. The van der Waals surface area contributed by atoms with Crippen LogP contribution in [-0.4, -0.2) is 18.9 Å². The molecule has 7 rings (SSSR count). The van der Waals surface area contributed by atoms with E-state index in [9.17, 15) is 65.9 Å². The molecule has 0 aromatic heterocycles. The molecule has 0 saturated carbocycles. The molecule has 0 heterocycles. The molecule has 87 heavy (non-hydrogen) atoms. The Bertz CT molecular complexity index is 2980. The molecule has 1 nitrogen and oxygen atoms in total. The highest BCUT2D eigenvalue weighted by Crippen LogP contribution is 2.56. The Hall–Kier alpha value is -6.62. The minimum atomic E-state index is -7.22. The Morgan fingerprint density at radius 3 is 0.644 bits per heavy atom. The second kappa shape index (κ2) is 30.5. The summed E-state index contributed by atoms with van der Waals surface area (Å²) in [5, 5.41) is 3.80. The SMILES string of the molecule is FC(F)(F)CCCCCCCCCCCCCCCCCCO[P+](c1ccccc1)(c1ccccc1)c1ccccc1.Fc1c(F)c(F)c([B-](c2c(F)c(F)c(F)c(F)c2F)(c2c(F)c(F)c(F)c(F)c2F)c2c(F)c(F)c(F)c(F)c2F)c(F)c1F. The summed E-state index contributed by atoms with van der Waals surface area (Å²) in [6.45, 7) is 0.764. The Morgan fingerprint density at radius 1 is 0.253 bits per heavy atom. The quantitative estimate of drug-likeness (QED) is 0.0131. The van der Waals surface area contributed by atoms with Crippen molar-refractivity contribution in [2.24, 2.45) is 0 Å². The third-order valence-electron chi connectivity index (χ3n) is 14.7. The van der Waals surface area contributed by atoms with Gasteiger partial charge in [0.15, 0.2) is 69.8 Å². The zero-order valence-electron chi connectivity index (χ0n) is 45.5. The van der Waals surface area contributed by atoms with Gasteiger partial charge in [0.05, 0.1) is 6.61 Å². The smallest absolute Gasteiger partial charge is 0.222 e. The molecule has 7 aromatic carbocycles. The van der Waals surface area contributed by atoms with Gasteiger partial charge < -0.3 is 0 Å². The summed E-state index contributed by atoms with van der Waals surface area (Å²) in [4.78, 5) is 0. The van der Waals surface area contributed by atoms with Crippen molar-refractivity contribution >= 4 is 51.4 Å². The predicted molar refractivity (Wildman–Crippen MR) is 285 cm³/mol. The van der Waals surface area contributed by atoms with Gasteiger partial charge in [0.1, 0.15) is 68.6 Å². The van der Waals surface area contributed by atoms with E-state index >= 15 is 35.1 Å². The fourth-order valence-electron chi connectivity index (χ4n) is 10.6. The summed E-state index contributed by atoms with van der Waals surface area (Å²) in [6.07, 6.45) is 6.25. The van der Waals surface area contributed by atoms with E-state index in [2.05, 4.69) is 91.0 Å². The second-order valence-corrected chi connectivity index (χ2v) is 23.3. The van der Waals surface area contributed by atoms with Crippen molar-refractivity contribution in [3.8, 4) is 0 Å². The predicted octanol–water partition coefficient (Wildman–Crippen LogP) is 17.0. The summed E-state index contributed by atoms with van der Waals surface area (Å²) in [5.41, 5.74) is -14.3. The minimum Gasteiger partial charge on any atom is -0.222 e. The maximum atomic E-state index is 15.4. The molecule has 0 spiro atoms. The van der Waals surface area contributed by atoms with Crippen molar-refractivity contribution in [3.63, 3.8) is 0 Å². The van der Waals surface area contributed by atoms with Crippen LogP contribution in [0, 0.1) is 116 Å². The van der Waals surface area contributed by atoms with E-state index in [1.165, 1.54) is 86.5 Å². The molecule has 0 amide bonds. The summed E-state index contributed by atoms with van der Waals surface area (Å²) in [5.74, 6) is -71.4. The third-order valence-corrected chi connectivity index (χ3v) is 18.4. The lowest BCUT2D eigenvalue weighted by Crippen LogP contribution is -2.81. The van der Waals surface area contributed by atoms with Crippen LogP contribution in [0.5, 0.6) is 0 Å². The third kappa shape index (κ3) is 14.8. The molecule has 0 N–H and O–H groups in total. The summed E-state index contributed by atoms with van der Waals surface area (Å²) >= 11 is 0. The van der Waals surface area contributed by atoms with Crippen molar-refractivity contribution in [1.29, 1.82) is 0 Å². The molecule has 0 bridgehead atoms. The fourth-order valence-corrected chi connectivity index (χ4v) is 14.1. The molecule has 0 saturated heterocycles. The second-order valence-electron chi connectivity index (χ2n) is 20.3. The largest absolute Gasteiger partial charge is 0.389 e. The molecule has 0 aliphatic heterocycles. The molecular formula is C61H51BF23OP. The Balaban J connectivity index is 0.000000279. The van der Waals surface area contributed by atoms with Crippen LogP contribution in [0.15, 0.2) is 91.0 Å². The number of unbranched alkanes of at least 4 members (excludes halogenated alkanes) is 15. The number of benzene rings is 7. The average Bonchev–Trinajstić information content (AvgIpc) is 0.687. The number of hydrogen-bond donors (Lipinski definition) is 0. The van der Waals surface area contributed by atoms with Crippen LogP contribution < -0.4 is 37.8 Å². The van der Waals surface area contributed by atoms with Crippen LogP contribution in [-0.2, 0) is 4.52 Å². The van der Waals surface area contributed by atoms with E-state index in [0.717, 1.165) is 25.9 Å². The van der Waals surface area contributed by atoms with Gasteiger partial charge in [0, 0.05) is 6.42 Å². The van der Waals surface area contributed by atoms with E-state index in [1.54, 1.807) is 0 Å². The molecule has 0 fully saturated rings. The van der Waals surface area contributed by atoms with E-state index in [-0.39, 0.29) is 6.42 Å². The topological polar surface area (TPSA) is 9.23 Å². The first-order valence-electron chi connectivity index (χ1n) is 27.2. The number of halogens is 23. The van der Waals surface area contributed by atoms with Gasteiger partial charge in [-0.3, -0.25) is 0 Å². The van der Waals surface area contributed by atoms with Crippen LogP contribution in [0.25, 0.3) is 0 Å². The molecule has 0 radical (unpaired) electrons. The van der Waals surface area contributed by atoms with Crippen molar-refractivity contribution in [2.45, 2.75) is 115 Å². The van der Waals surface area contributed by atoms with Gasteiger partial charge in [-0.1, -0.05) is 144 Å². The molecule has 0 aliphatic rings. The number of hydrogen-bond acceptors (Lipinski definition) is 1. The van der Waals surface area contributed by atoms with Crippen LogP contribution >= 0.6 is 7.49 Å². The van der Waals surface area contributed by atoms with Crippen LogP contribution in [0.3, 0.4) is 0 Å². The first-order valence-corrected chi connectivity index (χ1v) is 28.9. The summed E-state index contributed by atoms with van der Waals surface area (Å²) in [7, 11) is -2.19. The van der Waals surface area contributed by atoms with Gasteiger partial charge in [0.25, 0.3) is 0 Å². The van der Waals surface area contributed by atoms with Crippen LogP contribution in [0.4, 0.5) is 101 Å². The maximum absolute atomic E-state index is 15.4. The Labute approximate surface area is 484 Å². The van der Waals surface area contributed by atoms with Gasteiger partial charge in [-0.25, -0.2) is 92.3 Å². The van der Waals surface area contributed by atoms with Crippen molar-refractivity contribution < 1.29 is 106 Å². The van der Waals surface area contributed by atoms with E-state index in [1.807, 2.05) is 0 Å². The van der Waals surface area contributed by atoms with Crippen molar-refractivity contribution in [2.75, 3.05) is 6.61 Å². The van der Waals surface area contributed by atoms with Crippen LogP contribution in [0.1, 0.15) is 109 Å². The van der Waals surface area contributed by atoms with Gasteiger partial charge in [-0.2, -0.15) is 13.2 Å². The lowest BCUT2D eigenvalue weighted by Gasteiger charge is -2.44. The highest BCUT2D eigenvalue weighted by Gasteiger charge is 2.53. The van der Waals surface area contributed by atoms with E-state index < -0.39 is 164 Å². The zero-order chi connectivity index (χ0) is 64.1. The standard InChI is InChI=1S/C37H51F3OP.C24BF20/c38-37(39,40)32-24-13-11-9-7-5-3-1-2-4-6-8-10-12-14-25-33-41-42(34-26-18-15-19-27-34,35-28-20-16-21-29-35)36-30-22-17-23-31-36;26-5-1(6(27)14(35)21(42)13(5)34)25(2-7(28)15(36)22(43)16(37)8(2)29,3-9(30)17(38)23(44)18(39)10(3)31)4-11(32)19(40)24(45)20(41)12(4)33/h15-23,26-31H,1-14,24-25,32-33H2;/q+1;-1. The van der Waals surface area contributed by atoms with Gasteiger partial charge in [-0.15, -0.1) is 21.9 Å². The molecule has 0 unspecified atom stereocenters. The Morgan fingerprint density at radius 2 is 0.437 bits per heavy atom. The maximum Gasteiger partial charge on any atom is 0.389 e. The molecular weight excluding hydrogens is 1230 g/mol. The monoisotopic (exact) mass is 1280 g/mol. The highest BCUT2D eigenvalue weighted by atomic mass is 31.2. The zero-order valence-corrected chi connectivity index (χ0v) is 46.4. The molecule has 470 valence electrons. The molecule has 0 aliphatic carbocycles. The molecule has 7 aromatic rings.